The molecule has 3 rings (SSSR count). The summed E-state index contributed by atoms with van der Waals surface area (Å²) in [5.74, 6) is -2.80. The minimum Gasteiger partial charge on any atom is -0.488 e. The number of benzene rings is 2. The van der Waals surface area contributed by atoms with Crippen molar-refractivity contribution in [2.24, 2.45) is 5.73 Å². The molecule has 22 heavy (non-hydrogen) atoms. The zero-order valence-corrected chi connectivity index (χ0v) is 11.9. The Morgan fingerprint density at radius 3 is 2.68 bits per heavy atom. The molecule has 1 aliphatic heterocycles. The molecule has 0 aliphatic carbocycles. The summed E-state index contributed by atoms with van der Waals surface area (Å²) < 4.78 is 45.4. The molecule has 0 bridgehead atoms. The second kappa shape index (κ2) is 5.65. The summed E-state index contributed by atoms with van der Waals surface area (Å²) in [6.45, 7) is -1.32. The average Bonchev–Trinajstić information content (AvgIpc) is 2.98. The molecule has 0 radical (unpaired) electrons. The predicted octanol–water partition coefficient (Wildman–Crippen LogP) is 3.68. The van der Waals surface area contributed by atoms with Gasteiger partial charge < -0.3 is 10.5 Å². The average molecular weight is 307 g/mol. The van der Waals surface area contributed by atoms with Crippen LogP contribution in [0.4, 0.5) is 13.2 Å². The minimum absolute atomic E-state index is 0.0911. The maximum absolute atomic E-state index is 13.5. The summed E-state index contributed by atoms with van der Waals surface area (Å²) in [7, 11) is 0. The maximum Gasteiger partial charge on any atom is 0.301 e. The number of alkyl halides is 3. The van der Waals surface area contributed by atoms with Crippen molar-refractivity contribution in [1.29, 1.82) is 0 Å². The van der Waals surface area contributed by atoms with E-state index < -0.39 is 12.6 Å². The van der Waals surface area contributed by atoms with Gasteiger partial charge in [0.15, 0.2) is 6.67 Å². The van der Waals surface area contributed by atoms with Crippen LogP contribution in [0.15, 0.2) is 42.5 Å². The van der Waals surface area contributed by atoms with Gasteiger partial charge in [-0.1, -0.05) is 36.4 Å². The quantitative estimate of drug-likeness (QED) is 0.935. The van der Waals surface area contributed by atoms with Crippen molar-refractivity contribution >= 4 is 0 Å². The largest absolute Gasteiger partial charge is 0.488 e. The molecule has 2 aromatic rings. The summed E-state index contributed by atoms with van der Waals surface area (Å²) in [4.78, 5) is 0. The maximum atomic E-state index is 13.5. The van der Waals surface area contributed by atoms with Crippen LogP contribution in [-0.4, -0.2) is 19.3 Å². The van der Waals surface area contributed by atoms with Crippen LogP contribution in [0.2, 0.25) is 0 Å². The van der Waals surface area contributed by atoms with Crippen molar-refractivity contribution in [1.82, 2.24) is 0 Å². The lowest BCUT2D eigenvalue weighted by molar-refractivity contribution is -0.0280. The fourth-order valence-corrected chi connectivity index (χ4v) is 2.69. The van der Waals surface area contributed by atoms with Crippen molar-refractivity contribution < 1.29 is 17.9 Å². The standard InChI is InChI=1S/C17H16F3NO/c18-10-17(19,20)13-5-1-3-11(7-13)15-6-2-4-12-8-14(9-21)22-16(12)15/h1-7,14H,8-10,21H2. The monoisotopic (exact) mass is 307 g/mol. The highest BCUT2D eigenvalue weighted by Crippen LogP contribution is 2.40. The lowest BCUT2D eigenvalue weighted by Gasteiger charge is -2.15. The summed E-state index contributed by atoms with van der Waals surface area (Å²) in [6, 6.07) is 11.4. The number of ether oxygens (including phenoxy) is 1. The zero-order valence-electron chi connectivity index (χ0n) is 11.9. The van der Waals surface area contributed by atoms with Crippen LogP contribution in [0.5, 0.6) is 5.75 Å². The highest BCUT2D eigenvalue weighted by Gasteiger charge is 2.32. The topological polar surface area (TPSA) is 35.2 Å². The van der Waals surface area contributed by atoms with Crippen molar-refractivity contribution in [3.05, 3.63) is 53.6 Å². The van der Waals surface area contributed by atoms with E-state index in [-0.39, 0.29) is 11.7 Å². The summed E-state index contributed by atoms with van der Waals surface area (Å²) in [6.07, 6.45) is 0.617. The number of hydrogen-bond donors (Lipinski definition) is 1. The molecule has 116 valence electrons. The molecule has 1 aliphatic rings. The molecule has 1 atom stereocenters. The van der Waals surface area contributed by atoms with E-state index in [0.29, 0.717) is 24.3 Å². The Labute approximate surface area is 126 Å². The van der Waals surface area contributed by atoms with Gasteiger partial charge in [0.25, 0.3) is 0 Å². The Kier molecular flexibility index (Phi) is 3.83. The molecule has 2 N–H and O–H groups in total. The van der Waals surface area contributed by atoms with Gasteiger partial charge in [0, 0.05) is 24.1 Å². The first-order valence-corrected chi connectivity index (χ1v) is 7.08. The van der Waals surface area contributed by atoms with Crippen LogP contribution in [0.25, 0.3) is 11.1 Å². The van der Waals surface area contributed by atoms with Crippen LogP contribution in [0.1, 0.15) is 11.1 Å². The van der Waals surface area contributed by atoms with Gasteiger partial charge in [-0.3, -0.25) is 0 Å². The molecular weight excluding hydrogens is 291 g/mol. The Hall–Kier alpha value is -2.01. The van der Waals surface area contributed by atoms with Crippen molar-refractivity contribution in [2.45, 2.75) is 18.4 Å². The van der Waals surface area contributed by atoms with Gasteiger partial charge >= 0.3 is 5.92 Å². The van der Waals surface area contributed by atoms with Gasteiger partial charge in [-0.25, -0.2) is 4.39 Å². The second-order valence-corrected chi connectivity index (χ2v) is 5.39. The fraction of sp³-hybridized carbons (Fsp3) is 0.294. The molecular formula is C17H16F3NO. The van der Waals surface area contributed by atoms with Crippen LogP contribution in [0, 0.1) is 0 Å². The van der Waals surface area contributed by atoms with E-state index in [9.17, 15) is 13.2 Å². The van der Waals surface area contributed by atoms with Crippen LogP contribution in [-0.2, 0) is 12.3 Å². The van der Waals surface area contributed by atoms with Gasteiger partial charge in [0.05, 0.1) is 0 Å². The Morgan fingerprint density at radius 2 is 1.95 bits per heavy atom. The smallest absolute Gasteiger partial charge is 0.301 e. The van der Waals surface area contributed by atoms with Crippen molar-refractivity contribution in [3.8, 4) is 16.9 Å². The Morgan fingerprint density at radius 1 is 1.18 bits per heavy atom. The lowest BCUT2D eigenvalue weighted by atomic mass is 9.97. The number of hydrogen-bond acceptors (Lipinski definition) is 2. The molecule has 0 saturated carbocycles. The van der Waals surface area contributed by atoms with Gasteiger partial charge in [-0.15, -0.1) is 0 Å². The molecule has 5 heteroatoms. The predicted molar refractivity (Wildman–Crippen MR) is 78.9 cm³/mol. The molecule has 0 spiro atoms. The van der Waals surface area contributed by atoms with E-state index in [2.05, 4.69) is 0 Å². The van der Waals surface area contributed by atoms with Gasteiger partial charge in [0.1, 0.15) is 11.9 Å². The summed E-state index contributed by atoms with van der Waals surface area (Å²) in [5, 5.41) is 0. The number of para-hydroxylation sites is 1. The fourth-order valence-electron chi connectivity index (χ4n) is 2.69. The molecule has 0 fully saturated rings. The normalized spacial score (nSPS) is 17.2. The van der Waals surface area contributed by atoms with Gasteiger partial charge in [-0.05, 0) is 17.2 Å². The second-order valence-electron chi connectivity index (χ2n) is 5.39. The first-order chi connectivity index (χ1) is 10.5. The number of nitrogens with two attached hydrogens (primary N) is 1. The van der Waals surface area contributed by atoms with Crippen molar-refractivity contribution in [2.75, 3.05) is 13.2 Å². The third-order valence-corrected chi connectivity index (χ3v) is 3.86. The van der Waals surface area contributed by atoms with E-state index in [1.165, 1.54) is 18.2 Å². The first kappa shape index (κ1) is 14.9. The highest BCUT2D eigenvalue weighted by molar-refractivity contribution is 5.73. The third-order valence-electron chi connectivity index (χ3n) is 3.86. The van der Waals surface area contributed by atoms with E-state index in [4.69, 9.17) is 10.5 Å². The molecule has 0 saturated heterocycles. The SMILES string of the molecule is NCC1Cc2cccc(-c3cccc(C(F)(F)CF)c3)c2O1. The third kappa shape index (κ3) is 2.57. The summed E-state index contributed by atoms with van der Waals surface area (Å²) in [5.41, 5.74) is 7.62. The highest BCUT2D eigenvalue weighted by atomic mass is 19.3. The zero-order chi connectivity index (χ0) is 15.7. The van der Waals surface area contributed by atoms with Crippen molar-refractivity contribution in [3.63, 3.8) is 0 Å². The Bertz CT molecular complexity index is 687. The van der Waals surface area contributed by atoms with Crippen LogP contribution < -0.4 is 10.5 Å². The first-order valence-electron chi connectivity index (χ1n) is 7.08. The van der Waals surface area contributed by atoms with E-state index in [0.717, 1.165) is 11.1 Å². The number of fused-ring (bicyclic) bond motifs is 1. The van der Waals surface area contributed by atoms with Crippen LogP contribution in [0.3, 0.4) is 0 Å². The van der Waals surface area contributed by atoms with E-state index >= 15 is 0 Å². The van der Waals surface area contributed by atoms with Gasteiger partial charge in [-0.2, -0.15) is 8.78 Å². The number of halogens is 3. The van der Waals surface area contributed by atoms with Crippen LogP contribution >= 0.6 is 0 Å². The van der Waals surface area contributed by atoms with E-state index in [1.54, 1.807) is 6.07 Å². The van der Waals surface area contributed by atoms with Gasteiger partial charge in [0.2, 0.25) is 0 Å². The summed E-state index contributed by atoms with van der Waals surface area (Å²) >= 11 is 0. The molecule has 1 heterocycles. The molecule has 0 amide bonds. The van der Waals surface area contributed by atoms with E-state index in [1.807, 2.05) is 18.2 Å². The molecule has 2 nitrogen and oxygen atoms in total. The molecule has 2 aromatic carbocycles. The molecule has 1 unspecified atom stereocenters. The Balaban J connectivity index is 2.04. The molecule has 0 aromatic heterocycles. The number of rotatable bonds is 4. The lowest BCUT2D eigenvalue weighted by Crippen LogP contribution is -2.24. The minimum atomic E-state index is -3.48.